The van der Waals surface area contributed by atoms with E-state index in [0.29, 0.717) is 69.3 Å². The van der Waals surface area contributed by atoms with E-state index < -0.39 is 5.92 Å². The molecule has 0 bridgehead atoms. The molecule has 2 fully saturated rings. The topological polar surface area (TPSA) is 85.3 Å². The lowest BCUT2D eigenvalue weighted by Gasteiger charge is -2.36. The van der Waals surface area contributed by atoms with Gasteiger partial charge in [0.25, 0.3) is 0 Å². The number of rotatable bonds is 5. The van der Waals surface area contributed by atoms with Gasteiger partial charge in [-0.15, -0.1) is 0 Å². The Hall–Kier alpha value is -3.65. The average Bonchev–Trinajstić information content (AvgIpc) is 3.54. The number of amides is 4. The van der Waals surface area contributed by atoms with E-state index in [2.05, 4.69) is 41.2 Å². The number of halogens is 1. The zero-order chi connectivity index (χ0) is 28.0. The molecule has 4 heterocycles. The van der Waals surface area contributed by atoms with Gasteiger partial charge in [-0.3, -0.25) is 14.6 Å². The van der Waals surface area contributed by atoms with Crippen molar-refractivity contribution in [1.82, 2.24) is 20.0 Å². The maximum absolute atomic E-state index is 14.0. The summed E-state index contributed by atoms with van der Waals surface area (Å²) in [5.41, 5.74) is 7.08. The number of fused-ring (bicyclic) bond motifs is 3. The van der Waals surface area contributed by atoms with Crippen LogP contribution < -0.4 is 5.32 Å². The van der Waals surface area contributed by atoms with E-state index in [4.69, 9.17) is 11.6 Å². The molecular weight excluding hydrogens is 526 g/mol. The lowest BCUT2D eigenvalue weighted by atomic mass is 9.90. The van der Waals surface area contributed by atoms with Crippen molar-refractivity contribution in [2.24, 2.45) is 10.9 Å². The Morgan fingerprint density at radius 3 is 2.58 bits per heavy atom. The van der Waals surface area contributed by atoms with Gasteiger partial charge in [0, 0.05) is 66.7 Å². The van der Waals surface area contributed by atoms with E-state index in [0.717, 1.165) is 27.8 Å². The highest BCUT2D eigenvalue weighted by molar-refractivity contribution is 6.32. The minimum atomic E-state index is -0.475. The lowest BCUT2D eigenvalue weighted by molar-refractivity contribution is -0.142. The lowest BCUT2D eigenvalue weighted by Crippen LogP contribution is -2.48. The van der Waals surface area contributed by atoms with Crippen LogP contribution in [0.2, 0.25) is 5.02 Å². The molecule has 2 saturated heterocycles. The third kappa shape index (κ3) is 5.12. The van der Waals surface area contributed by atoms with Crippen LogP contribution in [-0.4, -0.2) is 64.4 Å². The van der Waals surface area contributed by atoms with Crippen molar-refractivity contribution in [3.05, 3.63) is 81.0 Å². The van der Waals surface area contributed by atoms with Crippen LogP contribution in [0.4, 0.5) is 4.79 Å². The summed E-state index contributed by atoms with van der Waals surface area (Å²) >= 11 is 6.65. The van der Waals surface area contributed by atoms with Gasteiger partial charge >= 0.3 is 6.03 Å². The first kappa shape index (κ1) is 26.6. The van der Waals surface area contributed by atoms with Gasteiger partial charge in [-0.2, -0.15) is 0 Å². The molecule has 4 amide bonds. The monoisotopic (exact) mass is 559 g/mol. The number of piperidine rings is 1. The number of carbonyl (C=O) groups excluding carboxylic acids is 3. The molecule has 1 atom stereocenters. The zero-order valence-corrected chi connectivity index (χ0v) is 23.5. The minimum Gasteiger partial charge on any atom is -0.343 e. The number of urea groups is 1. The predicted molar refractivity (Wildman–Crippen MR) is 154 cm³/mol. The number of likely N-dealkylation sites (tertiary alicyclic amines) is 1. The zero-order valence-electron chi connectivity index (χ0n) is 22.8. The van der Waals surface area contributed by atoms with Gasteiger partial charge in [0.2, 0.25) is 11.8 Å². The maximum Gasteiger partial charge on any atom is 0.322 e. The first-order valence-corrected chi connectivity index (χ1v) is 14.3. The van der Waals surface area contributed by atoms with Gasteiger partial charge < -0.3 is 20.0 Å². The van der Waals surface area contributed by atoms with Crippen LogP contribution in [0.3, 0.4) is 0 Å². The molecule has 2 aromatic carbocycles. The van der Waals surface area contributed by atoms with Gasteiger partial charge in [-0.05, 0) is 48.9 Å². The van der Waals surface area contributed by atoms with E-state index >= 15 is 0 Å². The van der Waals surface area contributed by atoms with Crippen LogP contribution >= 0.6 is 11.6 Å². The maximum atomic E-state index is 14.0. The first-order valence-electron chi connectivity index (χ1n) is 14.0. The molecule has 0 aromatic heterocycles. The fraction of sp³-hybridized carbons (Fsp3) is 0.419. The average molecular weight is 560 g/mol. The van der Waals surface area contributed by atoms with E-state index in [1.807, 2.05) is 33.9 Å². The number of nitrogens with one attached hydrogen (secondary N) is 1. The largest absolute Gasteiger partial charge is 0.343 e. The van der Waals surface area contributed by atoms with Crippen LogP contribution in [0.1, 0.15) is 52.6 Å². The third-order valence-electron chi connectivity index (χ3n) is 8.65. The molecule has 2 aromatic rings. The van der Waals surface area contributed by atoms with Crippen molar-refractivity contribution in [1.29, 1.82) is 0 Å². The SMILES string of the molecule is C=C1CN(C2CCN(C(=O)CC3Cc4cc(Cl)c5c(c4CN(Cc4ccc(C)cc4)C3=O)C=NC5)CC2)C(=O)N1. The second-order valence-corrected chi connectivity index (χ2v) is 11.8. The predicted octanol–water partition coefficient (Wildman–Crippen LogP) is 4.20. The normalized spacial score (nSPS) is 21.0. The summed E-state index contributed by atoms with van der Waals surface area (Å²) in [7, 11) is 0. The van der Waals surface area contributed by atoms with E-state index in [1.165, 1.54) is 5.56 Å². The van der Waals surface area contributed by atoms with E-state index in [-0.39, 0.29) is 30.3 Å². The summed E-state index contributed by atoms with van der Waals surface area (Å²) in [6.07, 6.45) is 3.93. The number of hydrogen-bond acceptors (Lipinski definition) is 4. The second-order valence-electron chi connectivity index (χ2n) is 11.4. The van der Waals surface area contributed by atoms with Gasteiger partial charge in [0.15, 0.2) is 0 Å². The summed E-state index contributed by atoms with van der Waals surface area (Å²) < 4.78 is 0. The fourth-order valence-electron chi connectivity index (χ4n) is 6.41. The van der Waals surface area contributed by atoms with E-state index in [1.54, 1.807) is 0 Å². The molecule has 9 heteroatoms. The molecule has 1 N–H and O–H groups in total. The summed E-state index contributed by atoms with van der Waals surface area (Å²) in [5, 5.41) is 3.44. The Bertz CT molecular complexity index is 1410. The minimum absolute atomic E-state index is 0.00734. The number of nitrogens with zero attached hydrogens (tertiary/aromatic N) is 4. The molecule has 40 heavy (non-hydrogen) atoms. The number of carbonyl (C=O) groups is 3. The van der Waals surface area contributed by atoms with Crippen molar-refractivity contribution in [2.45, 2.75) is 58.3 Å². The quantitative estimate of drug-likeness (QED) is 0.596. The van der Waals surface area contributed by atoms with Crippen molar-refractivity contribution < 1.29 is 14.4 Å². The van der Waals surface area contributed by atoms with Crippen LogP contribution in [-0.2, 0) is 35.6 Å². The van der Waals surface area contributed by atoms with Crippen LogP contribution in [0, 0.1) is 12.8 Å². The molecule has 0 radical (unpaired) electrons. The molecule has 6 rings (SSSR count). The molecule has 4 aliphatic rings. The van der Waals surface area contributed by atoms with Gasteiger partial charge in [0.05, 0.1) is 19.0 Å². The van der Waals surface area contributed by atoms with Gasteiger partial charge in [-0.1, -0.05) is 48.0 Å². The summed E-state index contributed by atoms with van der Waals surface area (Å²) in [5.74, 6) is -0.497. The fourth-order valence-corrected chi connectivity index (χ4v) is 6.71. The molecular formula is C31H34ClN5O3. The van der Waals surface area contributed by atoms with Crippen molar-refractivity contribution in [2.75, 3.05) is 19.6 Å². The highest BCUT2D eigenvalue weighted by Crippen LogP contribution is 2.35. The van der Waals surface area contributed by atoms with Crippen LogP contribution in [0.15, 0.2) is 47.6 Å². The van der Waals surface area contributed by atoms with Gasteiger partial charge in [-0.25, -0.2) is 4.79 Å². The van der Waals surface area contributed by atoms with Crippen molar-refractivity contribution in [3.63, 3.8) is 0 Å². The van der Waals surface area contributed by atoms with Crippen molar-refractivity contribution >= 4 is 35.7 Å². The Morgan fingerprint density at radius 1 is 1.12 bits per heavy atom. The number of aryl methyl sites for hydroxylation is 1. The number of benzene rings is 2. The van der Waals surface area contributed by atoms with Gasteiger partial charge in [0.1, 0.15) is 0 Å². The molecule has 1 unspecified atom stereocenters. The van der Waals surface area contributed by atoms with E-state index in [9.17, 15) is 14.4 Å². The highest BCUT2D eigenvalue weighted by atomic mass is 35.5. The van der Waals surface area contributed by atoms with Crippen LogP contribution in [0.5, 0.6) is 0 Å². The Labute approximate surface area is 239 Å². The van der Waals surface area contributed by atoms with Crippen LogP contribution in [0.25, 0.3) is 0 Å². The number of hydrogen-bond donors (Lipinski definition) is 1. The summed E-state index contributed by atoms with van der Waals surface area (Å²) in [6, 6.07) is 10.2. The molecule has 208 valence electrons. The number of aliphatic imine (C=N–C) groups is 1. The first-order chi connectivity index (χ1) is 19.3. The molecule has 4 aliphatic heterocycles. The second kappa shape index (κ2) is 10.7. The highest BCUT2D eigenvalue weighted by Gasteiger charge is 2.37. The molecule has 0 aliphatic carbocycles. The summed E-state index contributed by atoms with van der Waals surface area (Å²) in [6.45, 7) is 9.06. The third-order valence-corrected chi connectivity index (χ3v) is 8.99. The molecule has 8 nitrogen and oxygen atoms in total. The van der Waals surface area contributed by atoms with Crippen molar-refractivity contribution in [3.8, 4) is 0 Å². The molecule has 0 spiro atoms. The summed E-state index contributed by atoms with van der Waals surface area (Å²) in [4.78, 5) is 49.8. The smallest absolute Gasteiger partial charge is 0.322 e. The Balaban J connectivity index is 1.21. The Kier molecular flexibility index (Phi) is 7.13. The standard InChI is InChI=1S/C31H34ClN5O3/c1-19-3-5-21(6-4-19)17-36-18-27-22(12-28(32)26-15-33-14-25(26)27)11-23(30(36)39)13-29(38)35-9-7-24(8-10-35)37-16-20(2)34-31(37)40/h3-6,12,14,23-24H,2,7-11,13,15-18H2,1H3,(H,34,40). The molecule has 0 saturated carbocycles. The Morgan fingerprint density at radius 2 is 1.88 bits per heavy atom.